The van der Waals surface area contributed by atoms with Gasteiger partial charge in [-0.2, -0.15) is 0 Å². The van der Waals surface area contributed by atoms with Gasteiger partial charge in [0.05, 0.1) is 5.69 Å². The van der Waals surface area contributed by atoms with Crippen LogP contribution in [0.2, 0.25) is 0 Å². The van der Waals surface area contributed by atoms with Crippen molar-refractivity contribution in [3.63, 3.8) is 0 Å². The van der Waals surface area contributed by atoms with Crippen LogP contribution in [0.15, 0.2) is 24.3 Å². The summed E-state index contributed by atoms with van der Waals surface area (Å²) in [5.74, 6) is -0.500. The lowest BCUT2D eigenvalue weighted by Gasteiger charge is -2.23. The number of hydrogen-bond acceptors (Lipinski definition) is 3. The van der Waals surface area contributed by atoms with Crippen LogP contribution in [0.1, 0.15) is 66.3 Å². The highest BCUT2D eigenvalue weighted by Crippen LogP contribution is 2.23. The molecular weight excluding hydrogens is 359 g/mol. The minimum absolute atomic E-state index is 0.118. The maximum Gasteiger partial charge on any atom is 0.289 e. The lowest BCUT2D eigenvalue weighted by molar-refractivity contribution is 0.0737. The van der Waals surface area contributed by atoms with E-state index < -0.39 is 0 Å². The van der Waals surface area contributed by atoms with Crippen molar-refractivity contribution in [2.75, 3.05) is 18.4 Å². The number of amides is 2. The van der Waals surface area contributed by atoms with E-state index in [0.29, 0.717) is 43.3 Å². The third kappa shape index (κ3) is 4.24. The first-order valence-electron chi connectivity index (χ1n) is 10.0. The third-order valence-electron chi connectivity index (χ3n) is 4.90. The second-order valence-corrected chi connectivity index (χ2v) is 7.09. The highest BCUT2D eigenvalue weighted by atomic mass is 19.1. The number of fused-ring (bicyclic) bond motifs is 1. The first-order valence-corrected chi connectivity index (χ1v) is 10.0. The summed E-state index contributed by atoms with van der Waals surface area (Å²) in [6.45, 7) is 6.12. The van der Waals surface area contributed by atoms with Crippen LogP contribution in [-0.4, -0.2) is 39.4 Å². The molecule has 0 atom stereocenters. The zero-order valence-electron chi connectivity index (χ0n) is 16.5. The molecule has 1 aromatic heterocycles. The largest absolute Gasteiger partial charge is 0.336 e. The van der Waals surface area contributed by atoms with Crippen molar-refractivity contribution in [3.05, 3.63) is 47.3 Å². The molecular formula is C21H27FN4O2. The predicted molar refractivity (Wildman–Crippen MR) is 106 cm³/mol. The van der Waals surface area contributed by atoms with Crippen LogP contribution in [0.5, 0.6) is 0 Å². The molecule has 3 rings (SSSR count). The Kier molecular flexibility index (Phi) is 6.44. The molecule has 2 amide bonds. The van der Waals surface area contributed by atoms with Gasteiger partial charge in [0.25, 0.3) is 11.8 Å². The van der Waals surface area contributed by atoms with Gasteiger partial charge < -0.3 is 14.8 Å². The normalized spacial score (nSPS) is 13.1. The van der Waals surface area contributed by atoms with Gasteiger partial charge in [-0.25, -0.2) is 9.37 Å². The highest BCUT2D eigenvalue weighted by molar-refractivity contribution is 6.05. The number of anilines is 1. The van der Waals surface area contributed by atoms with Gasteiger partial charge in [0.15, 0.2) is 11.5 Å². The molecule has 0 fully saturated rings. The fourth-order valence-corrected chi connectivity index (χ4v) is 3.61. The maximum atomic E-state index is 13.1. The van der Waals surface area contributed by atoms with Gasteiger partial charge in [0, 0.05) is 25.3 Å². The fraction of sp³-hybridized carbons (Fsp3) is 0.476. The number of aromatic nitrogens is 2. The first kappa shape index (κ1) is 20.0. The van der Waals surface area contributed by atoms with Crippen molar-refractivity contribution in [2.45, 2.75) is 52.5 Å². The van der Waals surface area contributed by atoms with Gasteiger partial charge in [-0.05, 0) is 56.4 Å². The lowest BCUT2D eigenvalue weighted by atomic mass is 10.1. The smallest absolute Gasteiger partial charge is 0.289 e. The van der Waals surface area contributed by atoms with Crippen molar-refractivity contribution in [1.29, 1.82) is 0 Å². The molecule has 1 N–H and O–H groups in total. The molecule has 1 aliphatic rings. The van der Waals surface area contributed by atoms with E-state index >= 15 is 0 Å². The van der Waals surface area contributed by atoms with Crippen LogP contribution in [0.3, 0.4) is 0 Å². The second-order valence-electron chi connectivity index (χ2n) is 7.09. The van der Waals surface area contributed by atoms with E-state index in [9.17, 15) is 14.0 Å². The number of rotatable bonds is 7. The van der Waals surface area contributed by atoms with E-state index in [2.05, 4.69) is 10.3 Å². The molecule has 7 heteroatoms. The number of halogens is 1. The molecule has 0 saturated heterocycles. The number of nitrogens with zero attached hydrogens (tertiary/aromatic N) is 3. The number of nitrogens with one attached hydrogen (secondary N) is 1. The average molecular weight is 386 g/mol. The number of carbonyl (C=O) groups is 2. The second kappa shape index (κ2) is 8.99. The van der Waals surface area contributed by atoms with Crippen molar-refractivity contribution >= 4 is 17.5 Å². The third-order valence-corrected chi connectivity index (χ3v) is 4.90. The molecule has 2 heterocycles. The van der Waals surface area contributed by atoms with E-state index in [1.807, 2.05) is 23.3 Å². The van der Waals surface area contributed by atoms with Gasteiger partial charge in [-0.3, -0.25) is 9.59 Å². The Balaban J connectivity index is 1.91. The zero-order chi connectivity index (χ0) is 20.1. The van der Waals surface area contributed by atoms with E-state index in [1.54, 1.807) is 0 Å². The zero-order valence-corrected chi connectivity index (χ0v) is 16.5. The summed E-state index contributed by atoms with van der Waals surface area (Å²) in [5, 5.41) is 2.76. The van der Waals surface area contributed by atoms with Crippen molar-refractivity contribution < 1.29 is 14.0 Å². The Morgan fingerprint density at radius 2 is 1.82 bits per heavy atom. The quantitative estimate of drug-likeness (QED) is 0.785. The van der Waals surface area contributed by atoms with Crippen LogP contribution in [0.25, 0.3) is 0 Å². The minimum atomic E-state index is -0.367. The predicted octanol–water partition coefficient (Wildman–Crippen LogP) is 3.87. The highest BCUT2D eigenvalue weighted by Gasteiger charge is 2.29. The summed E-state index contributed by atoms with van der Waals surface area (Å²) in [6.07, 6.45) is 4.39. The Labute approximate surface area is 164 Å². The number of carbonyl (C=O) groups excluding carboxylic acids is 2. The van der Waals surface area contributed by atoms with Crippen molar-refractivity contribution in [2.24, 2.45) is 0 Å². The minimum Gasteiger partial charge on any atom is -0.336 e. The number of benzene rings is 1. The summed E-state index contributed by atoms with van der Waals surface area (Å²) in [4.78, 5) is 32.2. The lowest BCUT2D eigenvalue weighted by Crippen LogP contribution is -2.35. The molecule has 0 radical (unpaired) electrons. The molecule has 1 aliphatic heterocycles. The molecule has 0 aliphatic carbocycles. The molecule has 2 aromatic rings. The maximum absolute atomic E-state index is 13.1. The molecule has 1 aromatic carbocycles. The van der Waals surface area contributed by atoms with E-state index in [1.165, 1.54) is 24.3 Å². The monoisotopic (exact) mass is 386 g/mol. The van der Waals surface area contributed by atoms with Gasteiger partial charge >= 0.3 is 0 Å². The topological polar surface area (TPSA) is 67.2 Å². The van der Waals surface area contributed by atoms with E-state index in [4.69, 9.17) is 0 Å². The Morgan fingerprint density at radius 1 is 1.14 bits per heavy atom. The molecule has 28 heavy (non-hydrogen) atoms. The molecule has 6 nitrogen and oxygen atoms in total. The Hall–Kier alpha value is -2.70. The molecule has 150 valence electrons. The Morgan fingerprint density at radius 3 is 2.46 bits per heavy atom. The first-order chi connectivity index (χ1) is 13.5. The average Bonchev–Trinajstić information content (AvgIpc) is 3.09. The van der Waals surface area contributed by atoms with E-state index in [0.717, 1.165) is 31.4 Å². The summed E-state index contributed by atoms with van der Waals surface area (Å²) < 4.78 is 15.0. The van der Waals surface area contributed by atoms with Crippen molar-refractivity contribution in [1.82, 2.24) is 14.5 Å². The van der Waals surface area contributed by atoms with Crippen LogP contribution >= 0.6 is 0 Å². The van der Waals surface area contributed by atoms with Gasteiger partial charge in [-0.15, -0.1) is 0 Å². The van der Waals surface area contributed by atoms with Gasteiger partial charge in [-0.1, -0.05) is 13.8 Å². The summed E-state index contributed by atoms with van der Waals surface area (Å²) in [5.41, 5.74) is 1.60. The van der Waals surface area contributed by atoms with Gasteiger partial charge in [0.1, 0.15) is 5.82 Å². The van der Waals surface area contributed by atoms with E-state index in [-0.39, 0.29) is 17.6 Å². The Bertz CT molecular complexity index is 839. The molecule has 0 unspecified atom stereocenters. The SMILES string of the molecule is CCCN(CCC)C(=O)c1nc(C(=O)Nc2ccc(F)cc2)c2n1CCCC2. The van der Waals surface area contributed by atoms with Crippen LogP contribution in [-0.2, 0) is 13.0 Å². The van der Waals surface area contributed by atoms with Crippen LogP contribution < -0.4 is 5.32 Å². The summed E-state index contributed by atoms with van der Waals surface area (Å²) in [6, 6.07) is 5.60. The molecule has 0 spiro atoms. The standard InChI is InChI=1S/C21H27FN4O2/c1-3-12-25(13-4-2)21(28)19-24-18(17-7-5-6-14-26(17)19)20(27)23-16-10-8-15(22)9-11-16/h8-11H,3-7,12-14H2,1-2H3,(H,23,27). The molecule has 0 bridgehead atoms. The van der Waals surface area contributed by atoms with Gasteiger partial charge in [0.2, 0.25) is 0 Å². The summed E-state index contributed by atoms with van der Waals surface area (Å²) in [7, 11) is 0. The fourth-order valence-electron chi connectivity index (χ4n) is 3.61. The van der Waals surface area contributed by atoms with Crippen LogP contribution in [0, 0.1) is 5.82 Å². The van der Waals surface area contributed by atoms with Crippen molar-refractivity contribution in [3.8, 4) is 0 Å². The number of hydrogen-bond donors (Lipinski definition) is 1. The summed E-state index contributed by atoms with van der Waals surface area (Å²) >= 11 is 0. The molecule has 0 saturated carbocycles. The number of imidazole rings is 1. The van der Waals surface area contributed by atoms with Crippen LogP contribution in [0.4, 0.5) is 10.1 Å².